The van der Waals surface area contributed by atoms with E-state index in [-0.39, 0.29) is 6.61 Å². The second-order valence-corrected chi connectivity index (χ2v) is 5.09. The van der Waals surface area contributed by atoms with Crippen LogP contribution in [0.1, 0.15) is 21.6 Å². The van der Waals surface area contributed by atoms with Crippen LogP contribution in [0.3, 0.4) is 0 Å². The topological polar surface area (TPSA) is 58.6 Å². The third-order valence-electron chi connectivity index (χ3n) is 1.84. The van der Waals surface area contributed by atoms with Gasteiger partial charge in [0.1, 0.15) is 7.47 Å². The summed E-state index contributed by atoms with van der Waals surface area (Å²) in [4.78, 5) is 11.6. The summed E-state index contributed by atoms with van der Waals surface area (Å²) in [5.74, 6) is 26.4. The van der Waals surface area contributed by atoms with Crippen LogP contribution >= 0.6 is 7.82 Å². The van der Waals surface area contributed by atoms with E-state index in [1.165, 1.54) is 6.08 Å². The number of allylic oxidation sites excluding steroid dienone is 1. The SMILES string of the molecule is [3H]C#CC#CC#CC#CC#CC#CC(/C=C/C)OP(=O)([O-])OCCC. The Morgan fingerprint density at radius 3 is 2.29 bits per heavy atom. The first-order chi connectivity index (χ1) is 12.1. The number of hydrogen-bond donors (Lipinski definition) is 0. The van der Waals surface area contributed by atoms with Gasteiger partial charge in [-0.1, -0.05) is 18.9 Å². The van der Waals surface area contributed by atoms with Crippen molar-refractivity contribution in [2.24, 2.45) is 0 Å². The molecular formula is C19H14O4P-. The van der Waals surface area contributed by atoms with Gasteiger partial charge in [-0.3, -0.25) is 9.09 Å². The maximum Gasteiger partial charge on any atom is 0.269 e. The molecule has 2 atom stereocenters. The molecule has 0 saturated heterocycles. The minimum atomic E-state index is -4.41. The van der Waals surface area contributed by atoms with Crippen LogP contribution in [0.15, 0.2) is 12.2 Å². The standard InChI is InChI=1S/C19H15O4P/c1-4-7-8-9-10-11-12-13-14-15-17-19(16-5-2)23-24(20,21)22-18-6-3/h1,5,16,19H,6,18H2,2-3H3,(H,20,21)/p-1/b16-5+/i1T. The first-order valence-corrected chi connectivity index (χ1v) is 8.21. The second kappa shape index (κ2) is 13.8. The zero-order valence-electron chi connectivity index (χ0n) is 14.2. The van der Waals surface area contributed by atoms with Crippen molar-refractivity contribution in [3.8, 4) is 71.5 Å². The van der Waals surface area contributed by atoms with Crippen LogP contribution in [0.4, 0.5) is 0 Å². The molecule has 4 nitrogen and oxygen atoms in total. The minimum absolute atomic E-state index is 0.0489. The lowest BCUT2D eigenvalue weighted by Gasteiger charge is -2.24. The number of rotatable bonds is 6. The van der Waals surface area contributed by atoms with E-state index < -0.39 is 13.9 Å². The van der Waals surface area contributed by atoms with Gasteiger partial charge in [0.15, 0.2) is 0 Å². The number of phosphoric acid groups is 1. The molecule has 0 N–H and O–H groups in total. The molecule has 0 amide bonds. The highest BCUT2D eigenvalue weighted by Crippen LogP contribution is 2.39. The second-order valence-electron chi connectivity index (χ2n) is 3.73. The Kier molecular flexibility index (Phi) is 11.1. The number of terminal acetylenes is 1. The molecule has 0 radical (unpaired) electrons. The van der Waals surface area contributed by atoms with Crippen molar-refractivity contribution >= 4 is 7.82 Å². The summed E-state index contributed by atoms with van der Waals surface area (Å²) >= 11 is 0. The van der Waals surface area contributed by atoms with Crippen molar-refractivity contribution in [1.29, 1.82) is 0 Å². The van der Waals surface area contributed by atoms with Gasteiger partial charge in [-0.2, -0.15) is 0 Å². The van der Waals surface area contributed by atoms with Crippen LogP contribution in [-0.2, 0) is 13.6 Å². The van der Waals surface area contributed by atoms with E-state index in [0.717, 1.165) is 0 Å². The Bertz CT molecular complexity index is 881. The molecule has 0 bridgehead atoms. The summed E-state index contributed by atoms with van der Waals surface area (Å²) in [6.45, 7) is 3.53. The van der Waals surface area contributed by atoms with Crippen LogP contribution in [0.5, 0.6) is 0 Å². The molecule has 0 aliphatic carbocycles. The van der Waals surface area contributed by atoms with Crippen LogP contribution in [0.2, 0.25) is 0 Å². The maximum atomic E-state index is 11.6. The molecule has 0 aromatic carbocycles. The Morgan fingerprint density at radius 2 is 1.75 bits per heavy atom. The van der Waals surface area contributed by atoms with Crippen molar-refractivity contribution in [2.45, 2.75) is 26.4 Å². The van der Waals surface area contributed by atoms with Gasteiger partial charge in [-0.25, -0.2) is 0 Å². The fraction of sp³-hybridized carbons (Fsp3) is 0.263. The van der Waals surface area contributed by atoms with Gasteiger partial charge in [0.05, 0.1) is 6.61 Å². The third kappa shape index (κ3) is 12.9. The molecule has 0 aliphatic heterocycles. The van der Waals surface area contributed by atoms with Gasteiger partial charge in [-0.05, 0) is 78.6 Å². The van der Waals surface area contributed by atoms with Crippen molar-refractivity contribution in [3.05, 3.63) is 12.2 Å². The largest absolute Gasteiger partial charge is 0.756 e. The Hall–Kier alpha value is -2.79. The summed E-state index contributed by atoms with van der Waals surface area (Å²) in [7, 11) is -4.41. The molecule has 0 aliphatic rings. The van der Waals surface area contributed by atoms with Crippen LogP contribution in [0.25, 0.3) is 0 Å². The van der Waals surface area contributed by atoms with Gasteiger partial charge in [0.2, 0.25) is 0 Å². The highest BCUT2D eigenvalue weighted by atomic mass is 31.2. The Morgan fingerprint density at radius 1 is 1.17 bits per heavy atom. The van der Waals surface area contributed by atoms with Gasteiger partial charge >= 0.3 is 0 Å². The van der Waals surface area contributed by atoms with E-state index in [4.69, 9.17) is 5.89 Å². The fourth-order valence-electron chi connectivity index (χ4n) is 1.01. The van der Waals surface area contributed by atoms with E-state index >= 15 is 0 Å². The van der Waals surface area contributed by atoms with Crippen molar-refractivity contribution in [1.82, 2.24) is 0 Å². The quantitative estimate of drug-likeness (QED) is 0.418. The molecule has 2 unspecified atom stereocenters. The molecule has 0 aromatic rings. The van der Waals surface area contributed by atoms with Crippen molar-refractivity contribution in [3.63, 3.8) is 0 Å². The highest BCUT2D eigenvalue weighted by molar-refractivity contribution is 7.45. The fourth-order valence-corrected chi connectivity index (χ4v) is 1.88. The Labute approximate surface area is 145 Å². The summed E-state index contributed by atoms with van der Waals surface area (Å²) < 4.78 is 27.5. The zero-order chi connectivity index (χ0) is 18.8. The lowest BCUT2D eigenvalue weighted by atomic mass is 10.3. The van der Waals surface area contributed by atoms with Crippen LogP contribution < -0.4 is 4.89 Å². The van der Waals surface area contributed by atoms with Gasteiger partial charge < -0.3 is 9.42 Å². The third-order valence-corrected chi connectivity index (χ3v) is 2.82. The van der Waals surface area contributed by atoms with Gasteiger partial charge in [0, 0.05) is 0 Å². The molecular weight excluding hydrogens is 323 g/mol. The van der Waals surface area contributed by atoms with Crippen LogP contribution in [-0.4, -0.2) is 12.7 Å². The molecule has 5 heteroatoms. The summed E-state index contributed by atoms with van der Waals surface area (Å²) in [6, 6.07) is 0. The average molecular weight is 339 g/mol. The predicted molar refractivity (Wildman–Crippen MR) is 91.2 cm³/mol. The van der Waals surface area contributed by atoms with E-state index in [0.29, 0.717) is 6.42 Å². The van der Waals surface area contributed by atoms with Crippen molar-refractivity contribution in [2.75, 3.05) is 6.61 Å². The van der Waals surface area contributed by atoms with E-state index in [9.17, 15) is 9.46 Å². The molecule has 0 fully saturated rings. The number of phosphoric ester groups is 1. The summed E-state index contributed by atoms with van der Waals surface area (Å²) in [5, 5.41) is 0. The van der Waals surface area contributed by atoms with Gasteiger partial charge in [-0.15, -0.1) is 6.40 Å². The first-order valence-electron chi connectivity index (χ1n) is 7.24. The summed E-state index contributed by atoms with van der Waals surface area (Å²) in [5.41, 5.74) is 0. The molecule has 120 valence electrons. The van der Waals surface area contributed by atoms with E-state index in [1.54, 1.807) is 19.9 Å². The maximum absolute atomic E-state index is 11.6. The normalized spacial score (nSPS) is 12.2. The highest BCUT2D eigenvalue weighted by Gasteiger charge is 2.13. The average Bonchev–Trinajstić information content (AvgIpc) is 2.57. The predicted octanol–water partition coefficient (Wildman–Crippen LogP) is 1.49. The van der Waals surface area contributed by atoms with Gasteiger partial charge in [0.25, 0.3) is 7.82 Å². The lowest BCUT2D eigenvalue weighted by Crippen LogP contribution is -2.15. The zero-order valence-corrected chi connectivity index (χ0v) is 14.1. The lowest BCUT2D eigenvalue weighted by molar-refractivity contribution is -0.226. The van der Waals surface area contributed by atoms with Crippen LogP contribution in [0, 0.1) is 71.5 Å². The first kappa shape index (κ1) is 19.3. The molecule has 0 spiro atoms. The molecule has 24 heavy (non-hydrogen) atoms. The Balaban J connectivity index is 4.77. The van der Waals surface area contributed by atoms with E-state index in [2.05, 4.69) is 69.6 Å². The smallest absolute Gasteiger partial charge is 0.269 e. The molecule has 0 aromatic heterocycles. The molecule has 0 heterocycles. The van der Waals surface area contributed by atoms with Crippen molar-refractivity contribution < 1.29 is 19.9 Å². The molecule has 0 rings (SSSR count). The monoisotopic (exact) mass is 339 g/mol. The number of hydrogen-bond acceptors (Lipinski definition) is 4. The molecule has 0 saturated carbocycles. The van der Waals surface area contributed by atoms with E-state index in [1.807, 2.05) is 6.40 Å². The summed E-state index contributed by atoms with van der Waals surface area (Å²) in [6.07, 6.45) is 4.49. The minimum Gasteiger partial charge on any atom is -0.756 e.